The zero-order chi connectivity index (χ0) is 41.0. The Balaban J connectivity index is 0.867. The number of hydrogen-bond acceptors (Lipinski definition) is 8. The molecular formula is C48H78O9. The maximum atomic E-state index is 13.5. The third-order valence-electron chi connectivity index (χ3n) is 20.9. The van der Waals surface area contributed by atoms with Crippen LogP contribution in [0, 0.1) is 92.7 Å². The van der Waals surface area contributed by atoms with Crippen molar-refractivity contribution in [3.8, 4) is 0 Å². The van der Waals surface area contributed by atoms with Crippen molar-refractivity contribution >= 4 is 11.9 Å². The summed E-state index contributed by atoms with van der Waals surface area (Å²) in [7, 11) is 0. The summed E-state index contributed by atoms with van der Waals surface area (Å²) in [5.41, 5.74) is -0.595. The molecule has 0 aliphatic heterocycles. The molecule has 0 bridgehead atoms. The second-order valence-corrected chi connectivity index (χ2v) is 22.9. The topological polar surface area (TPSA) is 165 Å². The van der Waals surface area contributed by atoms with E-state index in [0.29, 0.717) is 38.0 Å². The molecule has 0 aromatic carbocycles. The summed E-state index contributed by atoms with van der Waals surface area (Å²) < 4.78 is 6.25. The van der Waals surface area contributed by atoms with Crippen LogP contribution in [0.25, 0.3) is 0 Å². The molecule has 8 aliphatic carbocycles. The Morgan fingerprint density at radius 1 is 0.596 bits per heavy atom. The van der Waals surface area contributed by atoms with Crippen LogP contribution < -0.4 is 0 Å². The minimum Gasteiger partial charge on any atom is -0.481 e. The monoisotopic (exact) mass is 799 g/mol. The van der Waals surface area contributed by atoms with Gasteiger partial charge < -0.3 is 35.4 Å². The normalized spacial score (nSPS) is 53.9. The first-order chi connectivity index (χ1) is 26.8. The van der Waals surface area contributed by atoms with E-state index < -0.39 is 30.4 Å². The van der Waals surface area contributed by atoms with Crippen LogP contribution in [0.15, 0.2) is 0 Å². The van der Waals surface area contributed by atoms with Gasteiger partial charge in [-0.2, -0.15) is 0 Å². The number of esters is 1. The average molecular weight is 799 g/mol. The van der Waals surface area contributed by atoms with E-state index in [2.05, 4.69) is 41.5 Å². The third kappa shape index (κ3) is 6.70. The molecule has 0 spiro atoms. The fourth-order valence-electron chi connectivity index (χ4n) is 17.7. The van der Waals surface area contributed by atoms with Gasteiger partial charge in [-0.25, -0.2) is 0 Å². The molecule has 0 saturated heterocycles. The Kier molecular flexibility index (Phi) is 11.4. The number of carbonyl (C=O) groups is 2. The molecule has 57 heavy (non-hydrogen) atoms. The van der Waals surface area contributed by atoms with Crippen LogP contribution >= 0.6 is 0 Å². The standard InChI is InChI=1S/C48H78O9/c1-25(7-13-41(54)55)31-9-11-34-44-36(24-40(53)47(31,34)5)46(4)18-16-30(20-28(46)22-38(44)51)57-42(56)14-8-26(2)32-10-12-33-43-35(23-39(52)48(32,33)6)45(3)17-15-29(49)19-27(45)21-37(43)50/h25-40,43-44,49-53H,7-24H2,1-6H3,(H,54,55)/t25-,26-,27?,28+,29+,30-,31-,32-,33?,34+,35?,36+,37+,38-,39-,40+,43?,44+,45+,46+,47-,48-/m1/s1. The zero-order valence-electron chi connectivity index (χ0n) is 36.0. The van der Waals surface area contributed by atoms with Gasteiger partial charge in [-0.1, -0.05) is 41.5 Å². The fourth-order valence-corrected chi connectivity index (χ4v) is 17.7. The van der Waals surface area contributed by atoms with Crippen molar-refractivity contribution in [2.45, 2.75) is 194 Å². The quantitative estimate of drug-likeness (QED) is 0.131. The molecule has 0 amide bonds. The zero-order valence-corrected chi connectivity index (χ0v) is 36.0. The first-order valence-corrected chi connectivity index (χ1v) is 23.6. The number of aliphatic carboxylic acids is 1. The molecule has 22 atom stereocenters. The van der Waals surface area contributed by atoms with E-state index in [1.54, 1.807) is 0 Å². The van der Waals surface area contributed by atoms with Crippen molar-refractivity contribution in [1.29, 1.82) is 0 Å². The summed E-state index contributed by atoms with van der Waals surface area (Å²) in [6.45, 7) is 13.7. The lowest BCUT2D eigenvalue weighted by Crippen LogP contribution is -2.62. The van der Waals surface area contributed by atoms with Crippen LogP contribution in [0.3, 0.4) is 0 Å². The molecule has 8 fully saturated rings. The molecule has 4 unspecified atom stereocenters. The Bertz CT molecular complexity index is 1500. The number of carboxylic acid groups (broad SMARTS) is 1. The summed E-state index contributed by atoms with van der Waals surface area (Å²) >= 11 is 0. The van der Waals surface area contributed by atoms with E-state index >= 15 is 0 Å². The highest BCUT2D eigenvalue weighted by Crippen LogP contribution is 2.70. The number of fused-ring (bicyclic) bond motifs is 10. The van der Waals surface area contributed by atoms with Crippen LogP contribution in [0.2, 0.25) is 0 Å². The molecule has 0 aromatic heterocycles. The van der Waals surface area contributed by atoms with Gasteiger partial charge in [0, 0.05) is 12.8 Å². The highest BCUT2D eigenvalue weighted by atomic mass is 16.5. The third-order valence-corrected chi connectivity index (χ3v) is 20.9. The SMILES string of the molecule is C[C@H](CCC(=O)O[C@@H]1CC[C@@]2(C)[C@@H](C1)C[C@@H](O)[C@@H]1[C@@H]2C[C@H](O)[C@]2(C)[C@@H]([C@H](C)CCC(=O)O)CC[C@@H]12)[C@H]1CCC2C3C(C[C@@H](O)[C@@]21C)[C@@]1(C)CC[C@H](O)CC1C[C@@H]3O. The lowest BCUT2D eigenvalue weighted by molar-refractivity contribution is -0.209. The average Bonchev–Trinajstić information content (AvgIpc) is 3.70. The summed E-state index contributed by atoms with van der Waals surface area (Å²) in [6.07, 6.45) is 11.5. The van der Waals surface area contributed by atoms with Crippen molar-refractivity contribution in [2.24, 2.45) is 92.7 Å². The highest BCUT2D eigenvalue weighted by Gasteiger charge is 2.67. The number of aliphatic hydroxyl groups is 5. The Hall–Kier alpha value is -1.26. The van der Waals surface area contributed by atoms with E-state index in [9.17, 15) is 40.2 Å². The van der Waals surface area contributed by atoms with Crippen molar-refractivity contribution in [3.63, 3.8) is 0 Å². The maximum Gasteiger partial charge on any atom is 0.306 e. The van der Waals surface area contributed by atoms with Gasteiger partial charge in [0.05, 0.1) is 30.5 Å². The van der Waals surface area contributed by atoms with E-state index in [-0.39, 0.29) is 111 Å². The Morgan fingerprint density at radius 3 is 1.58 bits per heavy atom. The van der Waals surface area contributed by atoms with Gasteiger partial charge in [0.2, 0.25) is 0 Å². The lowest BCUT2D eigenvalue weighted by Gasteiger charge is -2.63. The summed E-state index contributed by atoms with van der Waals surface area (Å²) in [4.78, 5) is 24.9. The maximum absolute atomic E-state index is 13.5. The molecule has 8 saturated carbocycles. The molecule has 9 nitrogen and oxygen atoms in total. The molecular weight excluding hydrogens is 721 g/mol. The van der Waals surface area contributed by atoms with E-state index in [1.807, 2.05) is 0 Å². The second-order valence-electron chi connectivity index (χ2n) is 22.9. The van der Waals surface area contributed by atoms with Gasteiger partial charge in [-0.05, 0) is 195 Å². The van der Waals surface area contributed by atoms with Gasteiger partial charge in [0.25, 0.3) is 0 Å². The predicted octanol–water partition coefficient (Wildman–Crippen LogP) is 7.38. The molecule has 9 heteroatoms. The molecule has 0 radical (unpaired) electrons. The minimum absolute atomic E-state index is 0.0343. The minimum atomic E-state index is -0.769. The van der Waals surface area contributed by atoms with E-state index in [4.69, 9.17) is 4.74 Å². The van der Waals surface area contributed by atoms with Crippen molar-refractivity contribution in [3.05, 3.63) is 0 Å². The number of ether oxygens (including phenoxy) is 1. The van der Waals surface area contributed by atoms with Gasteiger partial charge in [-0.15, -0.1) is 0 Å². The first-order valence-electron chi connectivity index (χ1n) is 23.6. The van der Waals surface area contributed by atoms with E-state index in [1.165, 1.54) is 0 Å². The number of hydrogen-bond donors (Lipinski definition) is 6. The fraction of sp³-hybridized carbons (Fsp3) is 0.958. The smallest absolute Gasteiger partial charge is 0.306 e. The van der Waals surface area contributed by atoms with Gasteiger partial charge >= 0.3 is 11.9 Å². The van der Waals surface area contributed by atoms with Gasteiger partial charge in [-0.3, -0.25) is 9.59 Å². The molecule has 6 N–H and O–H groups in total. The van der Waals surface area contributed by atoms with Crippen molar-refractivity contribution in [1.82, 2.24) is 0 Å². The molecule has 0 heterocycles. The summed E-state index contributed by atoms with van der Waals surface area (Å²) in [5.74, 6) is 1.86. The summed E-state index contributed by atoms with van der Waals surface area (Å²) in [6, 6.07) is 0. The van der Waals surface area contributed by atoms with Crippen LogP contribution in [0.5, 0.6) is 0 Å². The first kappa shape index (κ1) is 42.4. The van der Waals surface area contributed by atoms with E-state index in [0.717, 1.165) is 77.0 Å². The predicted molar refractivity (Wildman–Crippen MR) is 216 cm³/mol. The Morgan fingerprint density at radius 2 is 1.07 bits per heavy atom. The van der Waals surface area contributed by atoms with Crippen LogP contribution in [0.4, 0.5) is 0 Å². The van der Waals surface area contributed by atoms with Gasteiger partial charge in [0.15, 0.2) is 0 Å². The van der Waals surface area contributed by atoms with Crippen molar-refractivity contribution < 1.29 is 45.0 Å². The number of carbonyl (C=O) groups excluding carboxylic acids is 1. The van der Waals surface area contributed by atoms with Crippen molar-refractivity contribution in [2.75, 3.05) is 0 Å². The largest absolute Gasteiger partial charge is 0.481 e. The molecule has 0 aromatic rings. The number of rotatable bonds is 9. The molecule has 8 rings (SSSR count). The molecule has 8 aliphatic rings. The highest BCUT2D eigenvalue weighted by molar-refractivity contribution is 5.69. The lowest BCUT2D eigenvalue weighted by atomic mass is 9.43. The summed E-state index contributed by atoms with van der Waals surface area (Å²) in [5, 5.41) is 67.3. The number of aliphatic hydroxyl groups excluding tert-OH is 5. The number of carboxylic acids is 1. The Labute approximate surface area is 342 Å². The molecule has 324 valence electrons. The van der Waals surface area contributed by atoms with Gasteiger partial charge in [0.1, 0.15) is 6.10 Å². The second kappa shape index (κ2) is 15.3. The van der Waals surface area contributed by atoms with Crippen LogP contribution in [0.1, 0.15) is 157 Å². The van der Waals surface area contributed by atoms with Crippen LogP contribution in [-0.4, -0.2) is 79.2 Å². The van der Waals surface area contributed by atoms with Crippen LogP contribution in [-0.2, 0) is 14.3 Å².